The van der Waals surface area contributed by atoms with Crippen molar-refractivity contribution in [2.45, 2.75) is 56.2 Å². The lowest BCUT2D eigenvalue weighted by Gasteiger charge is -2.38. The number of carbonyl (C=O) groups is 1. The minimum Gasteiger partial charge on any atom is -0.374 e. The van der Waals surface area contributed by atoms with Gasteiger partial charge in [-0.2, -0.15) is 11.8 Å². The van der Waals surface area contributed by atoms with Crippen molar-refractivity contribution in [3.05, 3.63) is 35.4 Å². The van der Waals surface area contributed by atoms with Gasteiger partial charge in [0.2, 0.25) is 0 Å². The van der Waals surface area contributed by atoms with Crippen molar-refractivity contribution < 1.29 is 9.53 Å². The van der Waals surface area contributed by atoms with Gasteiger partial charge in [-0.25, -0.2) is 4.79 Å². The standard InChI is InChI=1S/C19H26N2O2S/c1-13-10-17(16-5-3-2-4-15(13)16)21-18(22)20-14-6-8-23-19(11-14)7-9-24-12-19/h2-5,13-14,17H,6-12H2,1H3,(H2,20,21,22)/t13-,14-,17+,19+/m1/s1. The van der Waals surface area contributed by atoms with Crippen LogP contribution in [0.1, 0.15) is 55.7 Å². The molecule has 2 amide bonds. The number of carbonyl (C=O) groups excluding carboxylic acids is 1. The molecule has 2 N–H and O–H groups in total. The SMILES string of the molecule is C[C@@H]1C[C@H](NC(=O)N[C@@H]2CCO[C@@]3(CCSC3)C2)c2ccccc21. The van der Waals surface area contributed by atoms with Crippen LogP contribution in [-0.2, 0) is 4.74 Å². The van der Waals surface area contributed by atoms with E-state index in [4.69, 9.17) is 4.74 Å². The number of benzene rings is 1. The first-order valence-corrected chi connectivity index (χ1v) is 10.2. The summed E-state index contributed by atoms with van der Waals surface area (Å²) < 4.78 is 6.04. The molecule has 3 aliphatic rings. The Hall–Kier alpha value is -1.20. The fourth-order valence-electron chi connectivity index (χ4n) is 4.42. The third kappa shape index (κ3) is 3.16. The molecule has 4 atom stereocenters. The minimum atomic E-state index is -0.0309. The smallest absolute Gasteiger partial charge is 0.315 e. The molecule has 130 valence electrons. The maximum Gasteiger partial charge on any atom is 0.315 e. The van der Waals surface area contributed by atoms with Gasteiger partial charge in [-0.05, 0) is 48.5 Å². The van der Waals surface area contributed by atoms with E-state index < -0.39 is 0 Å². The van der Waals surface area contributed by atoms with Crippen molar-refractivity contribution in [3.8, 4) is 0 Å². The zero-order chi connectivity index (χ0) is 16.6. The topological polar surface area (TPSA) is 50.4 Å². The van der Waals surface area contributed by atoms with Crippen LogP contribution in [0.5, 0.6) is 0 Å². The molecule has 1 aromatic carbocycles. The fraction of sp³-hybridized carbons (Fsp3) is 0.632. The van der Waals surface area contributed by atoms with Crippen LogP contribution in [0.15, 0.2) is 24.3 Å². The van der Waals surface area contributed by atoms with E-state index in [9.17, 15) is 4.79 Å². The monoisotopic (exact) mass is 346 g/mol. The second-order valence-corrected chi connectivity index (χ2v) is 8.57. The van der Waals surface area contributed by atoms with E-state index in [1.807, 2.05) is 11.8 Å². The molecule has 4 nitrogen and oxygen atoms in total. The molecule has 0 aromatic heterocycles. The highest BCUT2D eigenvalue weighted by molar-refractivity contribution is 7.99. The molecule has 5 heteroatoms. The second kappa shape index (κ2) is 6.60. The van der Waals surface area contributed by atoms with Crippen LogP contribution >= 0.6 is 11.8 Å². The van der Waals surface area contributed by atoms with E-state index >= 15 is 0 Å². The van der Waals surface area contributed by atoms with Crippen LogP contribution < -0.4 is 10.6 Å². The highest BCUT2D eigenvalue weighted by atomic mass is 32.2. The van der Waals surface area contributed by atoms with E-state index in [-0.39, 0.29) is 23.7 Å². The van der Waals surface area contributed by atoms with Gasteiger partial charge in [0.15, 0.2) is 0 Å². The molecular formula is C19H26N2O2S. The summed E-state index contributed by atoms with van der Waals surface area (Å²) in [5, 5.41) is 6.40. The predicted octanol–water partition coefficient (Wildman–Crippen LogP) is 3.59. The summed E-state index contributed by atoms with van der Waals surface area (Å²) in [6.07, 6.45) is 3.97. The van der Waals surface area contributed by atoms with Crippen molar-refractivity contribution in [2.24, 2.45) is 0 Å². The Morgan fingerprint density at radius 1 is 1.29 bits per heavy atom. The highest BCUT2D eigenvalue weighted by Gasteiger charge is 2.41. The predicted molar refractivity (Wildman–Crippen MR) is 97.5 cm³/mol. The maximum absolute atomic E-state index is 12.5. The van der Waals surface area contributed by atoms with E-state index in [2.05, 4.69) is 41.8 Å². The van der Waals surface area contributed by atoms with Gasteiger partial charge in [0, 0.05) is 18.4 Å². The Bertz CT molecular complexity index is 615. The van der Waals surface area contributed by atoms with Gasteiger partial charge < -0.3 is 15.4 Å². The number of urea groups is 1. The number of ether oxygens (including phenoxy) is 1. The molecule has 0 radical (unpaired) electrons. The van der Waals surface area contributed by atoms with E-state index in [0.717, 1.165) is 38.0 Å². The number of nitrogens with one attached hydrogen (secondary N) is 2. The molecule has 2 aliphatic heterocycles. The number of hydrogen-bond acceptors (Lipinski definition) is 3. The summed E-state index contributed by atoms with van der Waals surface area (Å²) in [6, 6.07) is 8.79. The summed E-state index contributed by atoms with van der Waals surface area (Å²) in [5.41, 5.74) is 2.65. The van der Waals surface area contributed by atoms with Gasteiger partial charge in [-0.3, -0.25) is 0 Å². The summed E-state index contributed by atoms with van der Waals surface area (Å²) in [7, 11) is 0. The van der Waals surface area contributed by atoms with Gasteiger partial charge in [0.05, 0.1) is 11.6 Å². The normalized spacial score (nSPS) is 35.0. The molecule has 1 spiro atoms. The number of fused-ring (bicyclic) bond motifs is 1. The van der Waals surface area contributed by atoms with Crippen LogP contribution in [0.4, 0.5) is 4.79 Å². The quantitative estimate of drug-likeness (QED) is 0.860. The van der Waals surface area contributed by atoms with E-state index in [0.29, 0.717) is 5.92 Å². The molecule has 4 rings (SSSR count). The lowest BCUT2D eigenvalue weighted by Crippen LogP contribution is -2.51. The van der Waals surface area contributed by atoms with Gasteiger partial charge >= 0.3 is 6.03 Å². The summed E-state index contributed by atoms with van der Waals surface area (Å²) in [5.74, 6) is 2.75. The fourth-order valence-corrected chi connectivity index (χ4v) is 5.80. The molecule has 0 unspecified atom stereocenters. The van der Waals surface area contributed by atoms with Crippen molar-refractivity contribution in [3.63, 3.8) is 0 Å². The number of hydrogen-bond donors (Lipinski definition) is 2. The van der Waals surface area contributed by atoms with Crippen molar-refractivity contribution in [2.75, 3.05) is 18.1 Å². The van der Waals surface area contributed by atoms with E-state index in [1.54, 1.807) is 0 Å². The average Bonchev–Trinajstić information content (AvgIpc) is 3.13. The maximum atomic E-state index is 12.5. The molecule has 1 aromatic rings. The third-order valence-corrected chi connectivity index (χ3v) is 6.92. The molecule has 24 heavy (non-hydrogen) atoms. The first kappa shape index (κ1) is 16.3. The number of thioether (sulfide) groups is 1. The zero-order valence-electron chi connectivity index (χ0n) is 14.2. The van der Waals surface area contributed by atoms with E-state index in [1.165, 1.54) is 16.9 Å². The molecule has 0 saturated carbocycles. The minimum absolute atomic E-state index is 0.00926. The molecule has 1 aliphatic carbocycles. The third-order valence-electron chi connectivity index (χ3n) is 5.69. The van der Waals surface area contributed by atoms with Crippen LogP contribution in [0, 0.1) is 0 Å². The lowest BCUT2D eigenvalue weighted by molar-refractivity contribution is -0.0684. The molecular weight excluding hydrogens is 320 g/mol. The molecule has 2 saturated heterocycles. The first-order chi connectivity index (χ1) is 11.7. The van der Waals surface area contributed by atoms with Gasteiger partial charge in [0.1, 0.15) is 0 Å². The Kier molecular flexibility index (Phi) is 4.48. The first-order valence-electron chi connectivity index (χ1n) is 9.03. The Labute approximate surface area is 148 Å². The van der Waals surface area contributed by atoms with Crippen molar-refractivity contribution in [1.82, 2.24) is 10.6 Å². The summed E-state index contributed by atoms with van der Waals surface area (Å²) >= 11 is 1.97. The van der Waals surface area contributed by atoms with Crippen molar-refractivity contribution >= 4 is 17.8 Å². The van der Waals surface area contributed by atoms with Crippen LogP contribution in [0.25, 0.3) is 0 Å². The number of rotatable bonds is 2. The van der Waals surface area contributed by atoms with Gasteiger partial charge in [-0.15, -0.1) is 0 Å². The lowest BCUT2D eigenvalue weighted by atomic mass is 9.90. The molecule has 0 bridgehead atoms. The van der Waals surface area contributed by atoms with Gasteiger partial charge in [-0.1, -0.05) is 31.2 Å². The molecule has 2 heterocycles. The summed E-state index contributed by atoms with van der Waals surface area (Å²) in [4.78, 5) is 12.5. The number of amides is 2. The second-order valence-electron chi connectivity index (χ2n) is 7.46. The van der Waals surface area contributed by atoms with Gasteiger partial charge in [0.25, 0.3) is 0 Å². The average molecular weight is 346 g/mol. The van der Waals surface area contributed by atoms with Crippen LogP contribution in [0.2, 0.25) is 0 Å². The van der Waals surface area contributed by atoms with Crippen molar-refractivity contribution in [1.29, 1.82) is 0 Å². The summed E-state index contributed by atoms with van der Waals surface area (Å²) in [6.45, 7) is 2.99. The Balaban J connectivity index is 1.36. The largest absolute Gasteiger partial charge is 0.374 e. The zero-order valence-corrected chi connectivity index (χ0v) is 15.0. The highest BCUT2D eigenvalue weighted by Crippen LogP contribution is 2.40. The van der Waals surface area contributed by atoms with Crippen LogP contribution in [-0.4, -0.2) is 35.8 Å². The molecule has 2 fully saturated rings. The van der Waals surface area contributed by atoms with Crippen LogP contribution in [0.3, 0.4) is 0 Å². The Morgan fingerprint density at radius 2 is 2.12 bits per heavy atom. The Morgan fingerprint density at radius 3 is 2.92 bits per heavy atom.